The lowest BCUT2D eigenvalue weighted by Gasteiger charge is -2.06. The standard InChI is InChI=1S/C19H15N3OS/c1-13-5-4-10-22-18(23)11-15(20-19(13)22)12-24-17-9-8-14-6-2-3-7-16(14)21-17/h2-11H,12H2,1H3. The van der Waals surface area contributed by atoms with Crippen molar-refractivity contribution >= 4 is 28.3 Å². The molecule has 1 aromatic carbocycles. The average molecular weight is 333 g/mol. The van der Waals surface area contributed by atoms with Crippen LogP contribution in [0.2, 0.25) is 0 Å². The van der Waals surface area contributed by atoms with Crippen molar-refractivity contribution in [3.05, 3.63) is 82.4 Å². The third-order valence-electron chi connectivity index (χ3n) is 3.88. The van der Waals surface area contributed by atoms with E-state index < -0.39 is 0 Å². The van der Waals surface area contributed by atoms with Crippen LogP contribution in [0.4, 0.5) is 0 Å². The van der Waals surface area contributed by atoms with Crippen molar-refractivity contribution in [3.8, 4) is 0 Å². The van der Waals surface area contributed by atoms with Crippen LogP contribution >= 0.6 is 11.8 Å². The lowest BCUT2D eigenvalue weighted by atomic mass is 10.2. The van der Waals surface area contributed by atoms with E-state index in [4.69, 9.17) is 0 Å². The van der Waals surface area contributed by atoms with Gasteiger partial charge in [-0.25, -0.2) is 9.97 Å². The van der Waals surface area contributed by atoms with Gasteiger partial charge in [0, 0.05) is 23.4 Å². The van der Waals surface area contributed by atoms with Crippen molar-refractivity contribution in [1.82, 2.24) is 14.4 Å². The van der Waals surface area contributed by atoms with Crippen LogP contribution in [-0.4, -0.2) is 14.4 Å². The minimum Gasteiger partial charge on any atom is -0.269 e. The molecular weight excluding hydrogens is 318 g/mol. The molecule has 0 aliphatic rings. The summed E-state index contributed by atoms with van der Waals surface area (Å²) < 4.78 is 1.58. The lowest BCUT2D eigenvalue weighted by Crippen LogP contribution is -2.15. The Hall–Kier alpha value is -2.66. The molecule has 0 saturated heterocycles. The quantitative estimate of drug-likeness (QED) is 0.534. The van der Waals surface area contributed by atoms with Crippen molar-refractivity contribution in [2.45, 2.75) is 17.7 Å². The summed E-state index contributed by atoms with van der Waals surface area (Å²) in [6, 6.07) is 17.5. The molecular formula is C19H15N3OS. The van der Waals surface area contributed by atoms with Crippen molar-refractivity contribution < 1.29 is 0 Å². The Kier molecular flexibility index (Phi) is 3.78. The van der Waals surface area contributed by atoms with Crippen LogP contribution in [-0.2, 0) is 5.75 Å². The van der Waals surface area contributed by atoms with E-state index in [0.29, 0.717) is 11.4 Å². The van der Waals surface area contributed by atoms with Gasteiger partial charge in [0.1, 0.15) is 5.65 Å². The van der Waals surface area contributed by atoms with Crippen LogP contribution in [0.5, 0.6) is 0 Å². The summed E-state index contributed by atoms with van der Waals surface area (Å²) in [7, 11) is 0. The SMILES string of the molecule is Cc1cccn2c(=O)cc(CSc3ccc4ccccc4n3)nc12. The molecule has 118 valence electrons. The van der Waals surface area contributed by atoms with Crippen molar-refractivity contribution in [2.75, 3.05) is 0 Å². The number of aryl methyl sites for hydroxylation is 1. The van der Waals surface area contributed by atoms with Gasteiger partial charge < -0.3 is 0 Å². The molecule has 24 heavy (non-hydrogen) atoms. The minimum absolute atomic E-state index is 0.0502. The first-order valence-corrected chi connectivity index (χ1v) is 8.66. The zero-order chi connectivity index (χ0) is 16.5. The molecule has 3 heterocycles. The average Bonchev–Trinajstić information content (AvgIpc) is 2.61. The number of aromatic nitrogens is 3. The normalized spacial score (nSPS) is 11.2. The summed E-state index contributed by atoms with van der Waals surface area (Å²) in [6.07, 6.45) is 1.75. The predicted octanol–water partition coefficient (Wildman–Crippen LogP) is 3.84. The van der Waals surface area contributed by atoms with Crippen molar-refractivity contribution in [3.63, 3.8) is 0 Å². The highest BCUT2D eigenvalue weighted by Crippen LogP contribution is 2.22. The fraction of sp³-hybridized carbons (Fsp3) is 0.105. The number of thioether (sulfide) groups is 1. The van der Waals surface area contributed by atoms with Gasteiger partial charge in [-0.15, -0.1) is 11.8 Å². The molecule has 0 fully saturated rings. The van der Waals surface area contributed by atoms with Crippen LogP contribution in [0, 0.1) is 6.92 Å². The Morgan fingerprint density at radius 2 is 1.92 bits per heavy atom. The zero-order valence-electron chi connectivity index (χ0n) is 13.1. The molecule has 0 aliphatic heterocycles. The summed E-state index contributed by atoms with van der Waals surface area (Å²) in [5, 5.41) is 2.06. The van der Waals surface area contributed by atoms with Gasteiger partial charge in [-0.3, -0.25) is 9.20 Å². The Balaban J connectivity index is 1.64. The molecule has 4 aromatic rings. The first-order valence-electron chi connectivity index (χ1n) is 7.67. The number of fused-ring (bicyclic) bond motifs is 2. The number of nitrogens with zero attached hydrogens (tertiary/aromatic N) is 3. The predicted molar refractivity (Wildman–Crippen MR) is 97.5 cm³/mol. The molecule has 5 heteroatoms. The summed E-state index contributed by atoms with van der Waals surface area (Å²) in [6.45, 7) is 1.96. The van der Waals surface area contributed by atoms with Gasteiger partial charge in [0.15, 0.2) is 0 Å². The molecule has 0 radical (unpaired) electrons. The highest BCUT2D eigenvalue weighted by molar-refractivity contribution is 7.98. The first-order chi connectivity index (χ1) is 11.7. The highest BCUT2D eigenvalue weighted by Gasteiger charge is 2.06. The van der Waals surface area contributed by atoms with Gasteiger partial charge >= 0.3 is 0 Å². The molecule has 4 nitrogen and oxygen atoms in total. The van der Waals surface area contributed by atoms with Crippen LogP contribution in [0.3, 0.4) is 0 Å². The van der Waals surface area contributed by atoms with E-state index in [0.717, 1.165) is 27.2 Å². The molecule has 0 aliphatic carbocycles. The van der Waals surface area contributed by atoms with Crippen LogP contribution < -0.4 is 5.56 Å². The maximum atomic E-state index is 12.2. The Labute approximate surface area is 143 Å². The van der Waals surface area contributed by atoms with E-state index in [1.54, 1.807) is 28.4 Å². The smallest absolute Gasteiger partial charge is 0.258 e. The van der Waals surface area contributed by atoms with Gasteiger partial charge in [-0.05, 0) is 30.7 Å². The third kappa shape index (κ3) is 2.78. The van der Waals surface area contributed by atoms with E-state index in [9.17, 15) is 4.79 Å². The molecule has 0 N–H and O–H groups in total. The van der Waals surface area contributed by atoms with E-state index in [1.165, 1.54) is 0 Å². The summed E-state index contributed by atoms with van der Waals surface area (Å²) in [5.41, 5.74) is 3.40. The summed E-state index contributed by atoms with van der Waals surface area (Å²) in [4.78, 5) is 21.5. The van der Waals surface area contributed by atoms with Gasteiger partial charge in [-0.1, -0.05) is 30.3 Å². The number of hydrogen-bond donors (Lipinski definition) is 0. The topological polar surface area (TPSA) is 47.3 Å². The number of rotatable bonds is 3. The van der Waals surface area contributed by atoms with E-state index in [-0.39, 0.29) is 5.56 Å². The highest BCUT2D eigenvalue weighted by atomic mass is 32.2. The second-order valence-corrected chi connectivity index (χ2v) is 6.60. The van der Waals surface area contributed by atoms with Gasteiger partial charge in [0.25, 0.3) is 5.56 Å². The largest absolute Gasteiger partial charge is 0.269 e. The number of pyridine rings is 2. The van der Waals surface area contributed by atoms with Crippen molar-refractivity contribution in [2.24, 2.45) is 0 Å². The fourth-order valence-corrected chi connectivity index (χ4v) is 3.43. The van der Waals surface area contributed by atoms with E-state index >= 15 is 0 Å². The second kappa shape index (κ2) is 6.09. The third-order valence-corrected chi connectivity index (χ3v) is 4.84. The van der Waals surface area contributed by atoms with E-state index in [1.807, 2.05) is 49.4 Å². The van der Waals surface area contributed by atoms with Crippen LogP contribution in [0.15, 0.2) is 70.6 Å². The number of para-hydroxylation sites is 1. The second-order valence-electron chi connectivity index (χ2n) is 5.60. The molecule has 0 bridgehead atoms. The molecule has 0 amide bonds. The lowest BCUT2D eigenvalue weighted by molar-refractivity contribution is 0.999. The van der Waals surface area contributed by atoms with Crippen LogP contribution in [0.1, 0.15) is 11.3 Å². The van der Waals surface area contributed by atoms with Gasteiger partial charge in [0.2, 0.25) is 0 Å². The first kappa shape index (κ1) is 14.9. The molecule has 0 spiro atoms. The minimum atomic E-state index is -0.0502. The maximum absolute atomic E-state index is 12.2. The monoisotopic (exact) mass is 333 g/mol. The van der Waals surface area contributed by atoms with Crippen LogP contribution in [0.25, 0.3) is 16.6 Å². The summed E-state index contributed by atoms with van der Waals surface area (Å²) in [5.74, 6) is 0.616. The molecule has 0 unspecified atom stereocenters. The fourth-order valence-electron chi connectivity index (χ4n) is 2.66. The van der Waals surface area contributed by atoms with Gasteiger partial charge in [0.05, 0.1) is 16.2 Å². The van der Waals surface area contributed by atoms with E-state index in [2.05, 4.69) is 16.0 Å². The molecule has 0 saturated carbocycles. The van der Waals surface area contributed by atoms with Crippen molar-refractivity contribution in [1.29, 1.82) is 0 Å². The number of hydrogen-bond acceptors (Lipinski definition) is 4. The summed E-state index contributed by atoms with van der Waals surface area (Å²) >= 11 is 1.59. The molecule has 0 atom stereocenters. The molecule has 4 rings (SSSR count). The zero-order valence-corrected chi connectivity index (χ0v) is 14.0. The Morgan fingerprint density at radius 3 is 2.83 bits per heavy atom. The maximum Gasteiger partial charge on any atom is 0.258 e. The van der Waals surface area contributed by atoms with Gasteiger partial charge in [-0.2, -0.15) is 0 Å². The Bertz CT molecular complexity index is 1100. The molecule has 3 aromatic heterocycles. The Morgan fingerprint density at radius 1 is 1.04 bits per heavy atom. The number of benzene rings is 1.